The second-order valence-corrected chi connectivity index (χ2v) is 2.19. The van der Waals surface area contributed by atoms with E-state index in [4.69, 9.17) is 5.73 Å². The van der Waals surface area contributed by atoms with Crippen LogP contribution in [0.3, 0.4) is 0 Å². The Morgan fingerprint density at radius 2 is 2.30 bits per heavy atom. The number of hydrogen-bond acceptors (Lipinski definition) is 3. The van der Waals surface area contributed by atoms with Gasteiger partial charge in [0.05, 0.1) is 11.9 Å². The average Bonchev–Trinajstić information content (AvgIpc) is 1.88. The van der Waals surface area contributed by atoms with Crippen LogP contribution < -0.4 is 5.73 Å². The summed E-state index contributed by atoms with van der Waals surface area (Å²) < 4.78 is 0. The first-order valence-electron chi connectivity index (χ1n) is 2.65. The molecule has 1 aromatic rings. The number of nitrogen functional groups attached to an aromatic ring is 1. The monoisotopic (exact) mass is 154 g/mol. The summed E-state index contributed by atoms with van der Waals surface area (Å²) in [6, 6.07) is 3.14. The lowest BCUT2D eigenvalue weighted by molar-refractivity contribution is 0.108. The molecular formula is C6H6N2OS. The van der Waals surface area contributed by atoms with Crippen LogP contribution in [-0.4, -0.2) is 10.1 Å². The molecule has 1 aromatic heterocycles. The van der Waals surface area contributed by atoms with Crippen LogP contribution >= 0.6 is 12.6 Å². The number of thiol groups is 1. The molecule has 0 saturated heterocycles. The van der Waals surface area contributed by atoms with E-state index in [1.807, 2.05) is 0 Å². The highest BCUT2D eigenvalue weighted by atomic mass is 32.1. The van der Waals surface area contributed by atoms with Gasteiger partial charge >= 0.3 is 0 Å². The summed E-state index contributed by atoms with van der Waals surface area (Å²) >= 11 is 3.58. The number of nitrogens with zero attached hydrogens (tertiary/aromatic N) is 1. The third-order valence-corrected chi connectivity index (χ3v) is 1.23. The Kier molecular flexibility index (Phi) is 1.91. The molecule has 0 atom stereocenters. The molecule has 0 spiro atoms. The molecule has 0 aliphatic rings. The first-order chi connectivity index (χ1) is 4.70. The van der Waals surface area contributed by atoms with Crippen molar-refractivity contribution in [3.05, 3.63) is 24.0 Å². The summed E-state index contributed by atoms with van der Waals surface area (Å²) in [5.41, 5.74) is 6.19. The van der Waals surface area contributed by atoms with E-state index in [0.717, 1.165) is 0 Å². The summed E-state index contributed by atoms with van der Waals surface area (Å²) in [5, 5.41) is -0.347. The molecule has 0 aromatic carbocycles. The lowest BCUT2D eigenvalue weighted by Crippen LogP contribution is -1.94. The third-order valence-electron chi connectivity index (χ3n) is 1.01. The van der Waals surface area contributed by atoms with E-state index in [1.165, 1.54) is 12.3 Å². The van der Waals surface area contributed by atoms with Crippen LogP contribution in [0, 0.1) is 0 Å². The molecule has 52 valence electrons. The quantitative estimate of drug-likeness (QED) is 0.586. The highest BCUT2D eigenvalue weighted by molar-refractivity contribution is 7.97. The zero-order valence-corrected chi connectivity index (χ0v) is 6.01. The molecule has 0 radical (unpaired) electrons. The number of aromatic nitrogens is 1. The predicted molar refractivity (Wildman–Crippen MR) is 42.0 cm³/mol. The van der Waals surface area contributed by atoms with Crippen molar-refractivity contribution in [1.82, 2.24) is 4.98 Å². The minimum atomic E-state index is -0.347. The standard InChI is InChI=1S/C6H6N2OS/c7-4-1-2-5(6(9)10)8-3-4/h1-3H,7H2,(H,9,10). The van der Waals surface area contributed by atoms with Gasteiger partial charge in [-0.1, -0.05) is 12.6 Å². The van der Waals surface area contributed by atoms with E-state index in [1.54, 1.807) is 6.07 Å². The van der Waals surface area contributed by atoms with Gasteiger partial charge in [-0.05, 0) is 12.1 Å². The van der Waals surface area contributed by atoms with Crippen molar-refractivity contribution in [2.75, 3.05) is 5.73 Å². The molecule has 0 saturated carbocycles. The van der Waals surface area contributed by atoms with E-state index in [9.17, 15) is 4.79 Å². The smallest absolute Gasteiger partial charge is 0.234 e. The van der Waals surface area contributed by atoms with Gasteiger partial charge in [-0.25, -0.2) is 0 Å². The van der Waals surface area contributed by atoms with Gasteiger partial charge in [0.1, 0.15) is 5.69 Å². The molecule has 3 nitrogen and oxygen atoms in total. The van der Waals surface area contributed by atoms with Gasteiger partial charge < -0.3 is 5.73 Å². The molecule has 2 N–H and O–H groups in total. The van der Waals surface area contributed by atoms with E-state index in [0.29, 0.717) is 11.4 Å². The van der Waals surface area contributed by atoms with Crippen molar-refractivity contribution in [1.29, 1.82) is 0 Å². The summed E-state index contributed by atoms with van der Waals surface area (Å²) in [5.74, 6) is 0. The van der Waals surface area contributed by atoms with E-state index in [-0.39, 0.29) is 5.12 Å². The zero-order valence-electron chi connectivity index (χ0n) is 5.11. The van der Waals surface area contributed by atoms with E-state index < -0.39 is 0 Å². The largest absolute Gasteiger partial charge is 0.397 e. The van der Waals surface area contributed by atoms with Crippen molar-refractivity contribution >= 4 is 23.4 Å². The topological polar surface area (TPSA) is 56.0 Å². The van der Waals surface area contributed by atoms with Gasteiger partial charge in [-0.15, -0.1) is 0 Å². The molecule has 0 unspecified atom stereocenters. The van der Waals surface area contributed by atoms with Gasteiger partial charge in [0.15, 0.2) is 0 Å². The predicted octanol–water partition coefficient (Wildman–Crippen LogP) is 0.734. The summed E-state index contributed by atoms with van der Waals surface area (Å²) in [7, 11) is 0. The number of rotatable bonds is 1. The number of carbonyl (C=O) groups is 1. The number of hydrogen-bond donors (Lipinski definition) is 2. The Morgan fingerprint density at radius 1 is 1.60 bits per heavy atom. The minimum Gasteiger partial charge on any atom is -0.397 e. The summed E-state index contributed by atoms with van der Waals surface area (Å²) in [6.45, 7) is 0. The van der Waals surface area contributed by atoms with Gasteiger partial charge in [-0.2, -0.15) is 0 Å². The van der Waals surface area contributed by atoms with Crippen molar-refractivity contribution in [2.24, 2.45) is 0 Å². The van der Waals surface area contributed by atoms with Crippen LogP contribution in [0.5, 0.6) is 0 Å². The van der Waals surface area contributed by atoms with Crippen LogP contribution in [0.15, 0.2) is 18.3 Å². The molecule has 0 amide bonds. The van der Waals surface area contributed by atoms with Crippen LogP contribution in [0.4, 0.5) is 5.69 Å². The minimum absolute atomic E-state index is 0.317. The number of carbonyl (C=O) groups excluding carboxylic acids is 1. The normalized spacial score (nSPS) is 9.30. The highest BCUT2D eigenvalue weighted by Gasteiger charge is 1.98. The van der Waals surface area contributed by atoms with Gasteiger partial charge in [0.25, 0.3) is 0 Å². The van der Waals surface area contributed by atoms with Gasteiger partial charge in [-0.3, -0.25) is 9.78 Å². The molecule has 0 aliphatic heterocycles. The second kappa shape index (κ2) is 2.70. The molecule has 0 aliphatic carbocycles. The lowest BCUT2D eigenvalue weighted by Gasteiger charge is -1.92. The van der Waals surface area contributed by atoms with Gasteiger partial charge in [0, 0.05) is 0 Å². The SMILES string of the molecule is Nc1ccc(C(=O)S)nc1. The van der Waals surface area contributed by atoms with E-state index >= 15 is 0 Å². The Hall–Kier alpha value is -1.03. The van der Waals surface area contributed by atoms with Crippen LogP contribution in [-0.2, 0) is 0 Å². The second-order valence-electron chi connectivity index (χ2n) is 1.78. The molecule has 1 rings (SSSR count). The van der Waals surface area contributed by atoms with Crippen LogP contribution in [0.25, 0.3) is 0 Å². The molecule has 10 heavy (non-hydrogen) atoms. The zero-order chi connectivity index (χ0) is 7.56. The van der Waals surface area contributed by atoms with E-state index in [2.05, 4.69) is 17.6 Å². The number of pyridine rings is 1. The Bertz CT molecular complexity index is 244. The summed E-state index contributed by atoms with van der Waals surface area (Å²) in [6.07, 6.45) is 1.42. The fraction of sp³-hybridized carbons (Fsp3) is 0. The van der Waals surface area contributed by atoms with Crippen molar-refractivity contribution < 1.29 is 4.79 Å². The Labute approximate surface area is 63.7 Å². The maximum absolute atomic E-state index is 10.5. The fourth-order valence-corrected chi connectivity index (χ4v) is 0.664. The Balaban J connectivity index is 3.00. The van der Waals surface area contributed by atoms with Crippen molar-refractivity contribution in [3.63, 3.8) is 0 Å². The first-order valence-corrected chi connectivity index (χ1v) is 3.09. The molecule has 0 fully saturated rings. The van der Waals surface area contributed by atoms with Crippen molar-refractivity contribution in [3.8, 4) is 0 Å². The molecule has 1 heterocycles. The number of anilines is 1. The molecule has 4 heteroatoms. The maximum atomic E-state index is 10.5. The highest BCUT2D eigenvalue weighted by Crippen LogP contribution is 2.02. The van der Waals surface area contributed by atoms with Crippen molar-refractivity contribution in [2.45, 2.75) is 0 Å². The Morgan fingerprint density at radius 3 is 2.70 bits per heavy atom. The fourth-order valence-electron chi connectivity index (χ4n) is 0.532. The molecule has 0 bridgehead atoms. The average molecular weight is 154 g/mol. The summed E-state index contributed by atoms with van der Waals surface area (Å²) in [4.78, 5) is 14.2. The molecular weight excluding hydrogens is 148 g/mol. The number of nitrogens with two attached hydrogens (primary N) is 1. The van der Waals surface area contributed by atoms with Gasteiger partial charge in [0.2, 0.25) is 5.12 Å². The van der Waals surface area contributed by atoms with Crippen LogP contribution in [0.1, 0.15) is 10.5 Å². The first kappa shape index (κ1) is 7.08. The third kappa shape index (κ3) is 1.48. The lowest BCUT2D eigenvalue weighted by atomic mass is 10.3. The van der Waals surface area contributed by atoms with Crippen LogP contribution in [0.2, 0.25) is 0 Å². The maximum Gasteiger partial charge on any atom is 0.234 e.